The Morgan fingerprint density at radius 1 is 0.870 bits per heavy atom. The van der Waals surface area contributed by atoms with E-state index >= 15 is 0 Å². The first kappa shape index (κ1) is 15.3. The Morgan fingerprint density at radius 3 is 1.96 bits per heavy atom. The molecule has 2 aromatic rings. The van der Waals surface area contributed by atoms with Crippen LogP contribution in [0.4, 0.5) is 0 Å². The number of ether oxygens (including phenoxy) is 2. The summed E-state index contributed by atoms with van der Waals surface area (Å²) >= 11 is 0. The van der Waals surface area contributed by atoms with Crippen LogP contribution in [0.5, 0.6) is 0 Å². The number of fused-ring (bicyclic) bond motifs is 3. The summed E-state index contributed by atoms with van der Waals surface area (Å²) in [5, 5.41) is 0. The molecule has 118 valence electrons. The molecule has 0 unspecified atom stereocenters. The van der Waals surface area contributed by atoms with Gasteiger partial charge in [-0.05, 0) is 22.3 Å². The molecule has 0 amide bonds. The van der Waals surface area contributed by atoms with Gasteiger partial charge in [-0.2, -0.15) is 0 Å². The first-order chi connectivity index (χ1) is 11.2. The van der Waals surface area contributed by atoms with E-state index in [1.807, 2.05) is 24.3 Å². The molecule has 0 heterocycles. The number of hydrogen-bond donors (Lipinski definition) is 0. The molecule has 3 rings (SSSR count). The fraction of sp³-hybridized carbons (Fsp3) is 0.263. The van der Waals surface area contributed by atoms with Gasteiger partial charge in [-0.25, -0.2) is 0 Å². The van der Waals surface area contributed by atoms with Gasteiger partial charge in [0.25, 0.3) is 0 Å². The molecule has 2 aromatic carbocycles. The number of rotatable bonds is 5. The first-order valence-corrected chi connectivity index (χ1v) is 7.61. The lowest BCUT2D eigenvalue weighted by Gasteiger charge is -2.14. The fourth-order valence-corrected chi connectivity index (χ4v) is 2.99. The standard InChI is InChI=1S/C19H18O4/c1-22-18(20)10-11-19(21)23-12-17-15-8-4-2-6-13(15)14-7-3-5-9-16(14)17/h2-9,17H,10-12H2,1H3. The quantitative estimate of drug-likeness (QED) is 0.795. The zero-order valence-electron chi connectivity index (χ0n) is 13.0. The monoisotopic (exact) mass is 310 g/mol. The molecule has 1 aliphatic carbocycles. The summed E-state index contributed by atoms with van der Waals surface area (Å²) in [5.41, 5.74) is 4.74. The van der Waals surface area contributed by atoms with Crippen molar-refractivity contribution in [3.63, 3.8) is 0 Å². The third-order valence-corrected chi connectivity index (χ3v) is 4.13. The van der Waals surface area contributed by atoms with Crippen molar-refractivity contribution in [1.29, 1.82) is 0 Å². The highest BCUT2D eigenvalue weighted by atomic mass is 16.5. The first-order valence-electron chi connectivity index (χ1n) is 7.61. The van der Waals surface area contributed by atoms with Crippen LogP contribution < -0.4 is 0 Å². The predicted octanol–water partition coefficient (Wildman–Crippen LogP) is 3.30. The van der Waals surface area contributed by atoms with E-state index < -0.39 is 5.97 Å². The van der Waals surface area contributed by atoms with Gasteiger partial charge in [-0.1, -0.05) is 48.5 Å². The molecule has 0 aromatic heterocycles. The Hall–Kier alpha value is -2.62. The zero-order valence-corrected chi connectivity index (χ0v) is 13.0. The van der Waals surface area contributed by atoms with Crippen molar-refractivity contribution in [2.45, 2.75) is 18.8 Å². The van der Waals surface area contributed by atoms with Crippen LogP contribution >= 0.6 is 0 Å². The lowest BCUT2D eigenvalue weighted by atomic mass is 9.98. The fourth-order valence-electron chi connectivity index (χ4n) is 2.99. The van der Waals surface area contributed by atoms with Gasteiger partial charge in [0, 0.05) is 5.92 Å². The highest BCUT2D eigenvalue weighted by Gasteiger charge is 2.28. The van der Waals surface area contributed by atoms with E-state index in [9.17, 15) is 9.59 Å². The third kappa shape index (κ3) is 3.11. The van der Waals surface area contributed by atoms with Crippen molar-refractivity contribution < 1.29 is 19.1 Å². The van der Waals surface area contributed by atoms with Crippen molar-refractivity contribution in [3.05, 3.63) is 59.7 Å². The van der Waals surface area contributed by atoms with Gasteiger partial charge in [0.15, 0.2) is 0 Å². The molecule has 0 N–H and O–H groups in total. The van der Waals surface area contributed by atoms with Gasteiger partial charge in [0.1, 0.15) is 6.61 Å². The van der Waals surface area contributed by atoms with E-state index in [1.54, 1.807) is 0 Å². The van der Waals surface area contributed by atoms with Gasteiger partial charge >= 0.3 is 11.9 Å². The van der Waals surface area contributed by atoms with Gasteiger partial charge in [-0.15, -0.1) is 0 Å². The molecule has 4 heteroatoms. The maximum atomic E-state index is 11.8. The average Bonchev–Trinajstić information content (AvgIpc) is 2.92. The van der Waals surface area contributed by atoms with Crippen LogP contribution in [0.2, 0.25) is 0 Å². The summed E-state index contributed by atoms with van der Waals surface area (Å²) in [7, 11) is 1.31. The van der Waals surface area contributed by atoms with Crippen molar-refractivity contribution in [2.75, 3.05) is 13.7 Å². The Labute approximate surface area is 135 Å². The van der Waals surface area contributed by atoms with E-state index in [0.29, 0.717) is 0 Å². The van der Waals surface area contributed by atoms with Gasteiger partial charge < -0.3 is 9.47 Å². The summed E-state index contributed by atoms with van der Waals surface area (Å²) in [5.74, 6) is -0.736. The molecule has 0 fully saturated rings. The smallest absolute Gasteiger partial charge is 0.306 e. The molecule has 0 bridgehead atoms. The van der Waals surface area contributed by atoms with Gasteiger partial charge in [0.2, 0.25) is 0 Å². The summed E-state index contributed by atoms with van der Waals surface area (Å²) in [4.78, 5) is 22.9. The Kier molecular flexibility index (Phi) is 4.42. The van der Waals surface area contributed by atoms with Crippen LogP contribution in [0, 0.1) is 0 Å². The molecule has 0 saturated carbocycles. The number of carbonyl (C=O) groups excluding carboxylic acids is 2. The van der Waals surface area contributed by atoms with Crippen LogP contribution in [0.25, 0.3) is 11.1 Å². The van der Waals surface area contributed by atoms with Crippen LogP contribution in [-0.4, -0.2) is 25.7 Å². The van der Waals surface area contributed by atoms with Gasteiger partial charge in [-0.3, -0.25) is 9.59 Å². The van der Waals surface area contributed by atoms with E-state index in [0.717, 1.165) is 0 Å². The van der Waals surface area contributed by atoms with E-state index in [-0.39, 0.29) is 31.3 Å². The maximum absolute atomic E-state index is 11.8. The van der Waals surface area contributed by atoms with Crippen molar-refractivity contribution in [2.24, 2.45) is 0 Å². The minimum absolute atomic E-state index is 0.0443. The molecule has 0 saturated heterocycles. The SMILES string of the molecule is COC(=O)CCC(=O)OCC1c2ccccc2-c2ccccc21. The highest BCUT2D eigenvalue weighted by Crippen LogP contribution is 2.44. The summed E-state index contributed by atoms with van der Waals surface area (Å²) in [6.45, 7) is 0.286. The summed E-state index contributed by atoms with van der Waals surface area (Å²) < 4.78 is 9.91. The number of methoxy groups -OCH3 is 1. The molecule has 23 heavy (non-hydrogen) atoms. The van der Waals surface area contributed by atoms with E-state index in [4.69, 9.17) is 4.74 Å². The Balaban J connectivity index is 1.71. The number of hydrogen-bond acceptors (Lipinski definition) is 4. The van der Waals surface area contributed by atoms with Crippen LogP contribution in [0.15, 0.2) is 48.5 Å². The normalized spacial score (nSPS) is 12.4. The molecular formula is C19H18O4. The van der Waals surface area contributed by atoms with Crippen LogP contribution in [0.3, 0.4) is 0 Å². The second-order valence-electron chi connectivity index (χ2n) is 5.49. The zero-order chi connectivity index (χ0) is 16.2. The predicted molar refractivity (Wildman–Crippen MR) is 85.9 cm³/mol. The molecule has 4 nitrogen and oxygen atoms in total. The molecule has 0 aliphatic heterocycles. The largest absolute Gasteiger partial charge is 0.469 e. The number of carbonyl (C=O) groups is 2. The molecule has 0 spiro atoms. The van der Waals surface area contributed by atoms with Crippen LogP contribution in [0.1, 0.15) is 29.9 Å². The molecule has 1 aliphatic rings. The van der Waals surface area contributed by atoms with Crippen molar-refractivity contribution in [3.8, 4) is 11.1 Å². The minimum Gasteiger partial charge on any atom is -0.469 e. The van der Waals surface area contributed by atoms with Crippen molar-refractivity contribution >= 4 is 11.9 Å². The number of esters is 2. The molecule has 0 radical (unpaired) electrons. The number of benzene rings is 2. The topological polar surface area (TPSA) is 52.6 Å². The Morgan fingerprint density at radius 2 is 1.39 bits per heavy atom. The lowest BCUT2D eigenvalue weighted by Crippen LogP contribution is -2.14. The lowest BCUT2D eigenvalue weighted by molar-refractivity contribution is -0.149. The third-order valence-electron chi connectivity index (χ3n) is 4.13. The Bertz CT molecular complexity index is 690. The second kappa shape index (κ2) is 6.65. The maximum Gasteiger partial charge on any atom is 0.306 e. The summed E-state index contributed by atoms with van der Waals surface area (Å²) in [6, 6.07) is 16.3. The van der Waals surface area contributed by atoms with Crippen molar-refractivity contribution in [1.82, 2.24) is 0 Å². The minimum atomic E-state index is -0.404. The van der Waals surface area contributed by atoms with Crippen LogP contribution in [-0.2, 0) is 19.1 Å². The second-order valence-corrected chi connectivity index (χ2v) is 5.49. The molecular weight excluding hydrogens is 292 g/mol. The summed E-state index contributed by atoms with van der Waals surface area (Å²) in [6.07, 6.45) is 0.0931. The highest BCUT2D eigenvalue weighted by molar-refractivity contribution is 5.80. The molecule has 0 atom stereocenters. The van der Waals surface area contributed by atoms with E-state index in [1.165, 1.54) is 29.4 Å². The average molecular weight is 310 g/mol. The van der Waals surface area contributed by atoms with E-state index in [2.05, 4.69) is 29.0 Å². The van der Waals surface area contributed by atoms with Gasteiger partial charge in [0.05, 0.1) is 20.0 Å².